The highest BCUT2D eigenvalue weighted by Gasteiger charge is 2.19. The van der Waals surface area contributed by atoms with E-state index in [2.05, 4.69) is 21.7 Å². The molecule has 0 saturated heterocycles. The van der Waals surface area contributed by atoms with E-state index in [1.165, 1.54) is 6.39 Å². The highest BCUT2D eigenvalue weighted by Crippen LogP contribution is 2.23. The summed E-state index contributed by atoms with van der Waals surface area (Å²) < 4.78 is 18.2. The molecule has 0 spiro atoms. The van der Waals surface area contributed by atoms with Crippen molar-refractivity contribution in [3.05, 3.63) is 53.7 Å². The van der Waals surface area contributed by atoms with E-state index in [1.807, 2.05) is 32.0 Å². The zero-order valence-electron chi connectivity index (χ0n) is 15.9. The quantitative estimate of drug-likeness (QED) is 0.564. The number of Topliss-reactive ketones (excluding diaryl/α,β-unsaturated/α-hetero) is 1. The molecule has 0 bridgehead atoms. The van der Waals surface area contributed by atoms with Crippen LogP contribution in [0.5, 0.6) is 5.75 Å². The molecule has 0 saturated carbocycles. The molecule has 0 N–H and O–H groups in total. The number of ether oxygens (including phenoxy) is 2. The van der Waals surface area contributed by atoms with Crippen molar-refractivity contribution in [2.75, 3.05) is 20.3 Å². The van der Waals surface area contributed by atoms with Gasteiger partial charge in [0.1, 0.15) is 5.75 Å². The molecule has 2 heterocycles. The maximum absolute atomic E-state index is 12.6. The Morgan fingerprint density at radius 2 is 2.00 bits per heavy atom. The molecule has 0 aliphatic rings. The lowest BCUT2D eigenvalue weighted by Gasteiger charge is -2.17. The van der Waals surface area contributed by atoms with Crippen molar-refractivity contribution in [2.45, 2.75) is 26.8 Å². The van der Waals surface area contributed by atoms with E-state index in [4.69, 9.17) is 13.9 Å². The molecule has 0 amide bonds. The van der Waals surface area contributed by atoms with Crippen LogP contribution in [0.1, 0.15) is 34.7 Å². The maximum atomic E-state index is 12.6. The SMILES string of the molecule is COC[C@H](C)n1c(C)cc(C(=O)COc2ccc(-c3nnco3)cc2)c1C. The summed E-state index contributed by atoms with van der Waals surface area (Å²) in [5.41, 5.74) is 3.43. The third-order valence-electron chi connectivity index (χ3n) is 4.46. The van der Waals surface area contributed by atoms with Crippen LogP contribution < -0.4 is 4.74 Å². The second-order valence-corrected chi connectivity index (χ2v) is 6.44. The van der Waals surface area contributed by atoms with Crippen molar-refractivity contribution in [3.63, 3.8) is 0 Å². The second kappa shape index (κ2) is 8.18. The van der Waals surface area contributed by atoms with Gasteiger partial charge in [0.05, 0.1) is 12.6 Å². The fourth-order valence-corrected chi connectivity index (χ4v) is 3.27. The van der Waals surface area contributed by atoms with Gasteiger partial charge in [0, 0.05) is 29.6 Å². The lowest BCUT2D eigenvalue weighted by Crippen LogP contribution is -2.16. The van der Waals surface area contributed by atoms with E-state index < -0.39 is 0 Å². The van der Waals surface area contributed by atoms with Gasteiger partial charge in [-0.3, -0.25) is 4.79 Å². The predicted molar refractivity (Wildman–Crippen MR) is 100 cm³/mol. The van der Waals surface area contributed by atoms with Crippen LogP contribution in [0, 0.1) is 13.8 Å². The van der Waals surface area contributed by atoms with Crippen LogP contribution in [-0.2, 0) is 4.74 Å². The number of aromatic nitrogens is 3. The number of carbonyl (C=O) groups is 1. The highest BCUT2D eigenvalue weighted by molar-refractivity contribution is 5.98. The molecule has 7 heteroatoms. The molecule has 2 aromatic heterocycles. The molecular weight excluding hydrogens is 346 g/mol. The minimum atomic E-state index is -0.0556. The Bertz CT molecular complexity index is 898. The van der Waals surface area contributed by atoms with Crippen molar-refractivity contribution in [2.24, 2.45) is 0 Å². The summed E-state index contributed by atoms with van der Waals surface area (Å²) in [7, 11) is 1.67. The van der Waals surface area contributed by atoms with Gasteiger partial charge in [-0.05, 0) is 51.1 Å². The first-order chi connectivity index (χ1) is 13.0. The molecular formula is C20H23N3O4. The van der Waals surface area contributed by atoms with Crippen molar-refractivity contribution in [1.29, 1.82) is 0 Å². The number of aryl methyl sites for hydroxylation is 1. The van der Waals surface area contributed by atoms with Gasteiger partial charge in [-0.25, -0.2) is 0 Å². The molecule has 142 valence electrons. The number of benzene rings is 1. The Hall–Kier alpha value is -2.93. The monoisotopic (exact) mass is 369 g/mol. The molecule has 1 atom stereocenters. The number of nitrogens with zero attached hydrogens (tertiary/aromatic N) is 3. The lowest BCUT2D eigenvalue weighted by molar-refractivity contribution is 0.0920. The summed E-state index contributed by atoms with van der Waals surface area (Å²) in [4.78, 5) is 12.6. The molecule has 27 heavy (non-hydrogen) atoms. The molecule has 0 aliphatic heterocycles. The van der Waals surface area contributed by atoms with E-state index >= 15 is 0 Å². The molecule has 0 radical (unpaired) electrons. The molecule has 1 aromatic carbocycles. The van der Waals surface area contributed by atoms with Gasteiger partial charge in [0.2, 0.25) is 18.1 Å². The van der Waals surface area contributed by atoms with E-state index in [0.29, 0.717) is 23.8 Å². The summed E-state index contributed by atoms with van der Waals surface area (Å²) in [6.07, 6.45) is 1.28. The third-order valence-corrected chi connectivity index (χ3v) is 4.46. The first-order valence-corrected chi connectivity index (χ1v) is 8.71. The zero-order valence-corrected chi connectivity index (χ0v) is 15.9. The maximum Gasteiger partial charge on any atom is 0.247 e. The van der Waals surface area contributed by atoms with Crippen LogP contribution in [0.4, 0.5) is 0 Å². The number of ketones is 1. The fourth-order valence-electron chi connectivity index (χ4n) is 3.27. The Labute approximate surface area is 157 Å². The third kappa shape index (κ3) is 4.09. The average Bonchev–Trinajstić information content (AvgIpc) is 3.28. The first kappa shape index (κ1) is 18.8. The number of methoxy groups -OCH3 is 1. The predicted octanol–water partition coefficient (Wildman–Crippen LogP) is 3.62. The summed E-state index contributed by atoms with van der Waals surface area (Å²) in [5, 5.41) is 7.51. The van der Waals surface area contributed by atoms with E-state index in [0.717, 1.165) is 17.0 Å². The van der Waals surface area contributed by atoms with Gasteiger partial charge in [0.15, 0.2) is 6.61 Å². The Kier molecular flexibility index (Phi) is 5.71. The molecule has 0 aliphatic carbocycles. The summed E-state index contributed by atoms with van der Waals surface area (Å²) in [6.45, 7) is 6.58. The standard InChI is InChI=1S/C20H23N3O4/c1-13-9-18(15(3)23(13)14(2)10-25-4)19(24)11-26-17-7-5-16(6-8-17)20-22-21-12-27-20/h5-9,12,14H,10-11H2,1-4H3/t14-/m0/s1. The normalized spacial score (nSPS) is 12.1. The molecule has 7 nitrogen and oxygen atoms in total. The van der Waals surface area contributed by atoms with Crippen molar-refractivity contribution >= 4 is 5.78 Å². The van der Waals surface area contributed by atoms with Gasteiger partial charge >= 0.3 is 0 Å². The van der Waals surface area contributed by atoms with Gasteiger partial charge < -0.3 is 18.5 Å². The van der Waals surface area contributed by atoms with E-state index in [9.17, 15) is 4.79 Å². The van der Waals surface area contributed by atoms with Crippen LogP contribution >= 0.6 is 0 Å². The van der Waals surface area contributed by atoms with E-state index in [-0.39, 0.29) is 18.4 Å². The Morgan fingerprint density at radius 1 is 1.26 bits per heavy atom. The Balaban J connectivity index is 1.67. The molecule has 0 unspecified atom stereocenters. The summed E-state index contributed by atoms with van der Waals surface area (Å²) >= 11 is 0. The lowest BCUT2D eigenvalue weighted by atomic mass is 10.1. The minimum absolute atomic E-state index is 0.0249. The van der Waals surface area contributed by atoms with Gasteiger partial charge in [-0.2, -0.15) is 0 Å². The average molecular weight is 369 g/mol. The van der Waals surface area contributed by atoms with Gasteiger partial charge in [0.25, 0.3) is 0 Å². The van der Waals surface area contributed by atoms with Crippen molar-refractivity contribution in [1.82, 2.24) is 14.8 Å². The number of hydrogen-bond acceptors (Lipinski definition) is 6. The van der Waals surface area contributed by atoms with Gasteiger partial charge in [-0.1, -0.05) is 0 Å². The van der Waals surface area contributed by atoms with Crippen molar-refractivity contribution < 1.29 is 18.7 Å². The molecule has 0 fully saturated rings. The summed E-state index contributed by atoms with van der Waals surface area (Å²) in [5.74, 6) is 0.989. The van der Waals surface area contributed by atoms with Crippen LogP contribution in [0.3, 0.4) is 0 Å². The second-order valence-electron chi connectivity index (χ2n) is 6.44. The molecule has 3 aromatic rings. The van der Waals surface area contributed by atoms with Crippen LogP contribution in [0.25, 0.3) is 11.5 Å². The zero-order chi connectivity index (χ0) is 19.4. The van der Waals surface area contributed by atoms with E-state index in [1.54, 1.807) is 19.2 Å². The largest absolute Gasteiger partial charge is 0.485 e. The topological polar surface area (TPSA) is 79.4 Å². The van der Waals surface area contributed by atoms with Crippen molar-refractivity contribution in [3.8, 4) is 17.2 Å². The van der Waals surface area contributed by atoms with Crippen LogP contribution in [-0.4, -0.2) is 40.9 Å². The van der Waals surface area contributed by atoms with Crippen LogP contribution in [0.2, 0.25) is 0 Å². The van der Waals surface area contributed by atoms with Crippen LogP contribution in [0.15, 0.2) is 41.1 Å². The summed E-state index contributed by atoms with van der Waals surface area (Å²) in [6, 6.07) is 9.24. The molecule has 3 rings (SSSR count). The Morgan fingerprint density at radius 3 is 2.63 bits per heavy atom. The fraction of sp³-hybridized carbons (Fsp3) is 0.350. The number of hydrogen-bond donors (Lipinski definition) is 0. The highest BCUT2D eigenvalue weighted by atomic mass is 16.5. The van der Waals surface area contributed by atoms with Gasteiger partial charge in [-0.15, -0.1) is 10.2 Å². The number of carbonyl (C=O) groups excluding carboxylic acids is 1. The number of rotatable bonds is 8. The first-order valence-electron chi connectivity index (χ1n) is 8.71. The smallest absolute Gasteiger partial charge is 0.247 e. The minimum Gasteiger partial charge on any atom is -0.485 e.